The van der Waals surface area contributed by atoms with Crippen molar-refractivity contribution in [3.05, 3.63) is 129 Å². The molecule has 0 heterocycles. The smallest absolute Gasteiger partial charge is 0.261 e. The van der Waals surface area contributed by atoms with Crippen molar-refractivity contribution in [2.24, 2.45) is 0 Å². The number of fused-ring (bicyclic) bond motifs is 2. The maximum absolute atomic E-state index is 12.9. The second kappa shape index (κ2) is 14.8. The molecule has 6 aromatic rings. The van der Waals surface area contributed by atoms with Crippen LogP contribution in [0.4, 0.5) is 11.4 Å². The number of rotatable bonds is 7. The van der Waals surface area contributed by atoms with E-state index in [9.17, 15) is 15.0 Å². The molecule has 2 N–H and O–H groups in total. The molecule has 240 valence electrons. The van der Waals surface area contributed by atoms with Crippen LogP contribution >= 0.6 is 31.9 Å². The minimum absolute atomic E-state index is 0.0448. The number of benzene rings is 6. The van der Waals surface area contributed by atoms with Crippen molar-refractivity contribution in [1.29, 1.82) is 0 Å². The molecule has 6 rings (SSSR count). The van der Waals surface area contributed by atoms with Crippen LogP contribution in [0.5, 0.6) is 23.0 Å². The molecule has 0 aromatic heterocycles. The molecular formula is C38H34Br2N2O5. The van der Waals surface area contributed by atoms with Crippen LogP contribution in [0.3, 0.4) is 0 Å². The summed E-state index contributed by atoms with van der Waals surface area (Å²) < 4.78 is 12.7. The summed E-state index contributed by atoms with van der Waals surface area (Å²) in [4.78, 5) is 16.4. The predicted molar refractivity (Wildman–Crippen MR) is 197 cm³/mol. The van der Waals surface area contributed by atoms with E-state index in [0.717, 1.165) is 47.5 Å². The minimum atomic E-state index is -0.307. The number of ether oxygens (including phenoxy) is 2. The molecule has 0 saturated carbocycles. The summed E-state index contributed by atoms with van der Waals surface area (Å²) in [5, 5.41) is 24.5. The first-order valence-electron chi connectivity index (χ1n) is 14.7. The van der Waals surface area contributed by atoms with Gasteiger partial charge < -0.3 is 29.5 Å². The van der Waals surface area contributed by atoms with E-state index in [0.29, 0.717) is 23.7 Å². The molecule has 9 heteroatoms. The van der Waals surface area contributed by atoms with Gasteiger partial charge in [-0.1, -0.05) is 68.3 Å². The molecule has 6 aromatic carbocycles. The molecule has 0 atom stereocenters. The SMILES string of the molecule is COc1ccccc1N(C)C(=O)c1cc2cc(Br)ccc2cc1O.COc1ccccc1N(C)Cc1cc2cc(Br)ccc2cc1O. The number of para-hydroxylation sites is 4. The van der Waals surface area contributed by atoms with Gasteiger partial charge in [0.25, 0.3) is 5.91 Å². The van der Waals surface area contributed by atoms with Crippen molar-refractivity contribution in [3.63, 3.8) is 0 Å². The Morgan fingerprint density at radius 3 is 1.74 bits per heavy atom. The summed E-state index contributed by atoms with van der Waals surface area (Å²) in [5.41, 5.74) is 2.75. The predicted octanol–water partition coefficient (Wildman–Crippen LogP) is 9.55. The second-order valence-corrected chi connectivity index (χ2v) is 12.7. The van der Waals surface area contributed by atoms with Crippen LogP contribution < -0.4 is 19.3 Å². The van der Waals surface area contributed by atoms with Gasteiger partial charge in [0.15, 0.2) is 0 Å². The standard InChI is InChI=1S/C19H16BrNO3.C19H18BrNO2/c1-21(16-5-3-4-6-18(16)24-2)19(23)15-10-13-9-14(20)8-7-12(13)11-17(15)22;1-21(17-5-3-4-6-19(17)23-2)12-15-9-14-10-16(20)8-7-13(14)11-18(15)22/h3-11,22H,1-2H3;3-11,22H,12H2,1-2H3. The zero-order chi connectivity index (χ0) is 33.7. The fraction of sp³-hybridized carbons (Fsp3) is 0.132. The number of aromatic hydroxyl groups is 2. The first-order chi connectivity index (χ1) is 22.6. The van der Waals surface area contributed by atoms with E-state index in [-0.39, 0.29) is 17.2 Å². The summed E-state index contributed by atoms with van der Waals surface area (Å²) in [5.74, 6) is 1.37. The quantitative estimate of drug-likeness (QED) is 0.169. The van der Waals surface area contributed by atoms with Crippen molar-refractivity contribution >= 4 is 70.7 Å². The average Bonchev–Trinajstić information content (AvgIpc) is 3.08. The first kappa shape index (κ1) is 33.6. The fourth-order valence-electron chi connectivity index (χ4n) is 5.34. The van der Waals surface area contributed by atoms with Crippen molar-refractivity contribution in [1.82, 2.24) is 0 Å². The van der Waals surface area contributed by atoms with Crippen LogP contribution in [0.2, 0.25) is 0 Å². The van der Waals surface area contributed by atoms with Crippen molar-refractivity contribution in [2.75, 3.05) is 38.1 Å². The maximum Gasteiger partial charge on any atom is 0.261 e. The molecule has 0 aliphatic carbocycles. The Hall–Kier alpha value is -4.73. The summed E-state index contributed by atoms with van der Waals surface area (Å²) >= 11 is 6.92. The van der Waals surface area contributed by atoms with Gasteiger partial charge in [0.05, 0.1) is 31.2 Å². The van der Waals surface area contributed by atoms with Crippen molar-refractivity contribution in [3.8, 4) is 23.0 Å². The maximum atomic E-state index is 12.9. The number of phenols is 2. The molecule has 0 radical (unpaired) electrons. The number of hydrogen-bond donors (Lipinski definition) is 2. The Morgan fingerprint density at radius 1 is 0.638 bits per heavy atom. The highest BCUT2D eigenvalue weighted by molar-refractivity contribution is 9.10. The molecule has 0 aliphatic rings. The summed E-state index contributed by atoms with van der Waals surface area (Å²) in [6.07, 6.45) is 0. The number of anilines is 2. The summed E-state index contributed by atoms with van der Waals surface area (Å²) in [6, 6.07) is 34.0. The first-order valence-corrected chi connectivity index (χ1v) is 16.3. The Bertz CT molecular complexity index is 2070. The summed E-state index contributed by atoms with van der Waals surface area (Å²) in [7, 11) is 6.87. The highest BCUT2D eigenvalue weighted by Crippen LogP contribution is 2.33. The Balaban J connectivity index is 0.000000185. The summed E-state index contributed by atoms with van der Waals surface area (Å²) in [6.45, 7) is 0.592. The average molecular weight is 759 g/mol. The van der Waals surface area contributed by atoms with Gasteiger partial charge in [-0.3, -0.25) is 4.79 Å². The van der Waals surface area contributed by atoms with Crippen LogP contribution in [0, 0.1) is 0 Å². The molecule has 47 heavy (non-hydrogen) atoms. The van der Waals surface area contributed by atoms with Crippen LogP contribution in [-0.2, 0) is 6.54 Å². The number of hydrogen-bond acceptors (Lipinski definition) is 6. The highest BCUT2D eigenvalue weighted by atomic mass is 79.9. The lowest BCUT2D eigenvalue weighted by Crippen LogP contribution is -2.26. The molecule has 0 fully saturated rings. The largest absolute Gasteiger partial charge is 0.508 e. The van der Waals surface area contributed by atoms with Crippen LogP contribution in [-0.4, -0.2) is 44.4 Å². The molecule has 0 saturated heterocycles. The van der Waals surface area contributed by atoms with Crippen LogP contribution in [0.15, 0.2) is 118 Å². The van der Waals surface area contributed by atoms with Crippen LogP contribution in [0.25, 0.3) is 21.5 Å². The van der Waals surface area contributed by atoms with Crippen molar-refractivity contribution in [2.45, 2.75) is 6.54 Å². The number of amides is 1. The number of halogens is 2. The Labute approximate surface area is 290 Å². The molecule has 0 unspecified atom stereocenters. The van der Waals surface area contributed by atoms with Gasteiger partial charge in [-0.15, -0.1) is 0 Å². The van der Waals surface area contributed by atoms with Gasteiger partial charge in [0, 0.05) is 35.1 Å². The van der Waals surface area contributed by atoms with Gasteiger partial charge in [0.1, 0.15) is 23.0 Å². The lowest BCUT2D eigenvalue weighted by atomic mass is 10.0. The lowest BCUT2D eigenvalue weighted by molar-refractivity contribution is 0.0990. The molecule has 0 spiro atoms. The molecule has 7 nitrogen and oxygen atoms in total. The molecule has 1 amide bonds. The zero-order valence-corrected chi connectivity index (χ0v) is 29.5. The van der Waals surface area contributed by atoms with E-state index < -0.39 is 0 Å². The highest BCUT2D eigenvalue weighted by Gasteiger charge is 2.20. The fourth-order valence-corrected chi connectivity index (χ4v) is 6.10. The number of nitrogens with zero attached hydrogens (tertiary/aromatic N) is 2. The van der Waals surface area contributed by atoms with Crippen molar-refractivity contribution < 1.29 is 24.5 Å². The van der Waals surface area contributed by atoms with E-state index in [4.69, 9.17) is 9.47 Å². The van der Waals surface area contributed by atoms with E-state index in [2.05, 4.69) is 42.8 Å². The third kappa shape index (κ3) is 7.64. The molecule has 0 bridgehead atoms. The third-order valence-electron chi connectivity index (χ3n) is 7.80. The van der Waals surface area contributed by atoms with E-state index in [1.54, 1.807) is 45.5 Å². The topological polar surface area (TPSA) is 82.5 Å². The number of methoxy groups -OCH3 is 2. The number of phenolic OH excluding ortho intramolecular Hbond substituents is 2. The van der Waals surface area contributed by atoms with E-state index in [1.165, 1.54) is 4.90 Å². The number of carbonyl (C=O) groups excluding carboxylic acids is 1. The lowest BCUT2D eigenvalue weighted by Gasteiger charge is -2.22. The van der Waals surface area contributed by atoms with Gasteiger partial charge in [0.2, 0.25) is 0 Å². The number of carbonyl (C=O) groups is 1. The monoisotopic (exact) mass is 756 g/mol. The van der Waals surface area contributed by atoms with Gasteiger partial charge in [-0.05, 0) is 94.3 Å². The van der Waals surface area contributed by atoms with Gasteiger partial charge >= 0.3 is 0 Å². The molecular weight excluding hydrogens is 724 g/mol. The van der Waals surface area contributed by atoms with E-state index >= 15 is 0 Å². The van der Waals surface area contributed by atoms with Crippen LogP contribution in [0.1, 0.15) is 15.9 Å². The van der Waals surface area contributed by atoms with Gasteiger partial charge in [-0.2, -0.15) is 0 Å². The van der Waals surface area contributed by atoms with E-state index in [1.807, 2.05) is 85.9 Å². The third-order valence-corrected chi connectivity index (χ3v) is 8.79. The second-order valence-electron chi connectivity index (χ2n) is 10.9. The minimum Gasteiger partial charge on any atom is -0.508 e. The Morgan fingerprint density at radius 2 is 1.15 bits per heavy atom. The molecule has 0 aliphatic heterocycles. The normalized spacial score (nSPS) is 10.7. The Kier molecular flexibility index (Phi) is 10.6. The van der Waals surface area contributed by atoms with Gasteiger partial charge in [-0.25, -0.2) is 0 Å². The zero-order valence-electron chi connectivity index (χ0n) is 26.4.